The van der Waals surface area contributed by atoms with Crippen molar-refractivity contribution in [1.82, 2.24) is 16.2 Å². The first kappa shape index (κ1) is 24.4. The molecule has 3 aromatic rings. The zero-order valence-corrected chi connectivity index (χ0v) is 20.6. The SMILES string of the molecule is CC(C)COc1ccc(C(=O)NC(=S)NNC(=O)c2ccc(-c3ccccc3)cc2)cc1Br. The Morgan fingerprint density at radius 2 is 1.52 bits per heavy atom. The van der Waals surface area contributed by atoms with E-state index in [0.29, 0.717) is 33.9 Å². The van der Waals surface area contributed by atoms with E-state index in [1.54, 1.807) is 30.3 Å². The zero-order valence-electron chi connectivity index (χ0n) is 18.2. The van der Waals surface area contributed by atoms with Crippen molar-refractivity contribution >= 4 is 45.1 Å². The second-order valence-corrected chi connectivity index (χ2v) is 8.92. The lowest BCUT2D eigenvalue weighted by molar-refractivity contribution is 0.0934. The summed E-state index contributed by atoms with van der Waals surface area (Å²) in [6, 6.07) is 22.1. The van der Waals surface area contributed by atoms with Gasteiger partial charge in [0, 0.05) is 11.1 Å². The molecule has 3 rings (SSSR count). The fourth-order valence-electron chi connectivity index (χ4n) is 2.85. The van der Waals surface area contributed by atoms with Gasteiger partial charge in [-0.25, -0.2) is 0 Å². The van der Waals surface area contributed by atoms with Gasteiger partial charge in [0.2, 0.25) is 0 Å². The predicted molar refractivity (Wildman–Crippen MR) is 137 cm³/mol. The Morgan fingerprint density at radius 3 is 2.15 bits per heavy atom. The van der Waals surface area contributed by atoms with Gasteiger partial charge in [-0.15, -0.1) is 0 Å². The molecule has 2 amide bonds. The fourth-order valence-corrected chi connectivity index (χ4v) is 3.49. The van der Waals surface area contributed by atoms with E-state index in [4.69, 9.17) is 17.0 Å². The van der Waals surface area contributed by atoms with Gasteiger partial charge in [0.25, 0.3) is 11.8 Å². The molecule has 3 N–H and O–H groups in total. The molecule has 0 aliphatic carbocycles. The lowest BCUT2D eigenvalue weighted by Gasteiger charge is -2.13. The standard InChI is InChI=1S/C25H24BrN3O3S/c1-16(2)15-32-22-13-12-20(14-21(22)26)23(30)27-25(33)29-28-24(31)19-10-8-18(9-11-19)17-6-4-3-5-7-17/h3-14,16H,15H2,1-2H3,(H,28,31)(H2,27,29,30,33). The number of carbonyl (C=O) groups is 2. The van der Waals surface area contributed by atoms with Crippen molar-refractivity contribution in [3.63, 3.8) is 0 Å². The van der Waals surface area contributed by atoms with Crippen LogP contribution in [0, 0.1) is 5.92 Å². The second kappa shape index (κ2) is 11.6. The number of ether oxygens (including phenoxy) is 1. The summed E-state index contributed by atoms with van der Waals surface area (Å²) < 4.78 is 6.36. The molecular formula is C25H24BrN3O3S. The van der Waals surface area contributed by atoms with E-state index in [0.717, 1.165) is 11.1 Å². The molecule has 6 nitrogen and oxygen atoms in total. The average molecular weight is 526 g/mol. The molecule has 0 heterocycles. The number of nitrogens with one attached hydrogen (secondary N) is 3. The van der Waals surface area contributed by atoms with E-state index in [-0.39, 0.29) is 11.0 Å². The summed E-state index contributed by atoms with van der Waals surface area (Å²) in [4.78, 5) is 24.8. The Hall–Kier alpha value is -3.23. The molecule has 3 aromatic carbocycles. The fraction of sp³-hybridized carbons (Fsp3) is 0.160. The molecule has 0 aliphatic heterocycles. The van der Waals surface area contributed by atoms with Crippen molar-refractivity contribution in [2.75, 3.05) is 6.61 Å². The molecule has 0 atom stereocenters. The molecular weight excluding hydrogens is 502 g/mol. The van der Waals surface area contributed by atoms with Gasteiger partial charge < -0.3 is 4.74 Å². The van der Waals surface area contributed by atoms with Crippen LogP contribution in [0.1, 0.15) is 34.6 Å². The first-order chi connectivity index (χ1) is 15.8. The summed E-state index contributed by atoms with van der Waals surface area (Å²) in [7, 11) is 0. The van der Waals surface area contributed by atoms with Crippen LogP contribution >= 0.6 is 28.1 Å². The van der Waals surface area contributed by atoms with E-state index < -0.39 is 5.91 Å². The highest BCUT2D eigenvalue weighted by molar-refractivity contribution is 9.10. The highest BCUT2D eigenvalue weighted by atomic mass is 79.9. The van der Waals surface area contributed by atoms with Crippen LogP contribution in [0.25, 0.3) is 11.1 Å². The van der Waals surface area contributed by atoms with Crippen molar-refractivity contribution in [3.8, 4) is 16.9 Å². The van der Waals surface area contributed by atoms with Crippen LogP contribution in [0.5, 0.6) is 5.75 Å². The number of amides is 2. The smallest absolute Gasteiger partial charge is 0.269 e. The van der Waals surface area contributed by atoms with Gasteiger partial charge >= 0.3 is 0 Å². The Bertz CT molecular complexity index is 1140. The maximum atomic E-state index is 12.5. The summed E-state index contributed by atoms with van der Waals surface area (Å²) >= 11 is 8.53. The average Bonchev–Trinajstić information content (AvgIpc) is 2.82. The Balaban J connectivity index is 1.51. The summed E-state index contributed by atoms with van der Waals surface area (Å²) in [5.41, 5.74) is 7.96. The molecule has 0 bridgehead atoms. The molecule has 0 spiro atoms. The highest BCUT2D eigenvalue weighted by Gasteiger charge is 2.12. The minimum Gasteiger partial charge on any atom is -0.492 e. The zero-order chi connectivity index (χ0) is 23.8. The van der Waals surface area contributed by atoms with E-state index in [2.05, 4.69) is 45.9 Å². The number of thiocarbonyl (C=S) groups is 1. The van der Waals surface area contributed by atoms with Crippen molar-refractivity contribution in [3.05, 3.63) is 88.4 Å². The lowest BCUT2D eigenvalue weighted by Crippen LogP contribution is -2.48. The number of hydrogen-bond donors (Lipinski definition) is 3. The van der Waals surface area contributed by atoms with E-state index in [1.165, 1.54) is 0 Å². The van der Waals surface area contributed by atoms with Crippen LogP contribution in [-0.2, 0) is 0 Å². The lowest BCUT2D eigenvalue weighted by atomic mass is 10.0. The molecule has 8 heteroatoms. The third-order valence-corrected chi connectivity index (χ3v) is 5.36. The second-order valence-electron chi connectivity index (χ2n) is 7.66. The first-order valence-electron chi connectivity index (χ1n) is 10.3. The van der Waals surface area contributed by atoms with Gasteiger partial charge in [0.15, 0.2) is 5.11 Å². The van der Waals surface area contributed by atoms with Gasteiger partial charge in [-0.2, -0.15) is 0 Å². The normalized spacial score (nSPS) is 10.4. The van der Waals surface area contributed by atoms with Gasteiger partial charge in [0.05, 0.1) is 11.1 Å². The van der Waals surface area contributed by atoms with Crippen LogP contribution in [0.2, 0.25) is 0 Å². The van der Waals surface area contributed by atoms with Crippen molar-refractivity contribution in [2.24, 2.45) is 5.92 Å². The number of hydrazine groups is 1. The Labute approximate surface area is 206 Å². The molecule has 33 heavy (non-hydrogen) atoms. The molecule has 0 aliphatic rings. The Morgan fingerprint density at radius 1 is 0.879 bits per heavy atom. The summed E-state index contributed by atoms with van der Waals surface area (Å²) in [6.45, 7) is 4.69. The van der Waals surface area contributed by atoms with Gasteiger partial charge in [-0.3, -0.25) is 25.8 Å². The largest absolute Gasteiger partial charge is 0.492 e. The number of hydrogen-bond acceptors (Lipinski definition) is 4. The van der Waals surface area contributed by atoms with Crippen molar-refractivity contribution in [1.29, 1.82) is 0 Å². The Kier molecular flexibility index (Phi) is 8.57. The van der Waals surface area contributed by atoms with Crippen LogP contribution in [0.4, 0.5) is 0 Å². The predicted octanol–water partition coefficient (Wildman–Crippen LogP) is 5.10. The van der Waals surface area contributed by atoms with Crippen molar-refractivity contribution in [2.45, 2.75) is 13.8 Å². The molecule has 0 unspecified atom stereocenters. The summed E-state index contributed by atoms with van der Waals surface area (Å²) in [5.74, 6) is 0.262. The molecule has 0 aromatic heterocycles. The van der Waals surface area contributed by atoms with E-state index >= 15 is 0 Å². The topological polar surface area (TPSA) is 79.5 Å². The number of benzene rings is 3. The molecule has 170 valence electrons. The van der Waals surface area contributed by atoms with Gasteiger partial charge in [0.1, 0.15) is 5.75 Å². The van der Waals surface area contributed by atoms with Crippen LogP contribution in [-0.4, -0.2) is 23.5 Å². The van der Waals surface area contributed by atoms with Gasteiger partial charge in [-0.05, 0) is 75.5 Å². The quantitative estimate of drug-likeness (QED) is 0.308. The van der Waals surface area contributed by atoms with E-state index in [9.17, 15) is 9.59 Å². The molecule has 0 fully saturated rings. The van der Waals surface area contributed by atoms with Gasteiger partial charge in [-0.1, -0.05) is 56.3 Å². The van der Waals surface area contributed by atoms with Crippen LogP contribution in [0.3, 0.4) is 0 Å². The first-order valence-corrected chi connectivity index (χ1v) is 11.5. The minimum atomic E-state index is -0.412. The number of rotatable bonds is 6. The van der Waals surface area contributed by atoms with E-state index in [1.807, 2.05) is 42.5 Å². The van der Waals surface area contributed by atoms with Crippen molar-refractivity contribution < 1.29 is 14.3 Å². The number of halogens is 1. The molecule has 0 saturated carbocycles. The maximum absolute atomic E-state index is 12.5. The maximum Gasteiger partial charge on any atom is 0.269 e. The third-order valence-electron chi connectivity index (χ3n) is 4.54. The third kappa shape index (κ3) is 7.13. The van der Waals surface area contributed by atoms with Crippen LogP contribution in [0.15, 0.2) is 77.3 Å². The molecule has 0 saturated heterocycles. The van der Waals surface area contributed by atoms with Crippen LogP contribution < -0.4 is 20.9 Å². The molecule has 0 radical (unpaired) electrons. The minimum absolute atomic E-state index is 0.0227. The summed E-state index contributed by atoms with van der Waals surface area (Å²) in [5, 5.41) is 2.51. The highest BCUT2D eigenvalue weighted by Crippen LogP contribution is 2.26. The monoisotopic (exact) mass is 525 g/mol. The summed E-state index contributed by atoms with van der Waals surface area (Å²) in [6.07, 6.45) is 0. The number of carbonyl (C=O) groups excluding carboxylic acids is 2.